The molecular weight excluding hydrogens is 422 g/mol. The number of rotatable bonds is 7. The molecule has 2 aliphatic heterocycles. The molecule has 172 valence electrons. The zero-order chi connectivity index (χ0) is 22.7. The SMILES string of the molecule is COc1ccc2c(c1)N1CCN(Cc3ccc(Cl)cc3)C[C@@H]1[C@H](C(=O)NCCC(C)C)C2. The summed E-state index contributed by atoms with van der Waals surface area (Å²) in [5, 5.41) is 3.98. The van der Waals surface area contributed by atoms with Crippen LogP contribution in [0.25, 0.3) is 0 Å². The number of carbonyl (C=O) groups excluding carboxylic acids is 1. The molecule has 2 atom stereocenters. The molecule has 0 unspecified atom stereocenters. The molecule has 0 aromatic heterocycles. The van der Waals surface area contributed by atoms with Crippen LogP contribution in [0.5, 0.6) is 5.75 Å². The highest BCUT2D eigenvalue weighted by Crippen LogP contribution is 2.38. The van der Waals surface area contributed by atoms with Crippen molar-refractivity contribution in [1.82, 2.24) is 10.2 Å². The van der Waals surface area contributed by atoms with Crippen molar-refractivity contribution in [2.24, 2.45) is 11.8 Å². The Bertz CT molecular complexity index is 931. The summed E-state index contributed by atoms with van der Waals surface area (Å²) in [6.07, 6.45) is 1.77. The van der Waals surface area contributed by atoms with E-state index in [1.807, 2.05) is 18.2 Å². The van der Waals surface area contributed by atoms with Crippen LogP contribution in [0.2, 0.25) is 5.02 Å². The number of methoxy groups -OCH3 is 1. The van der Waals surface area contributed by atoms with Crippen molar-refractivity contribution >= 4 is 23.2 Å². The molecule has 2 aromatic rings. The van der Waals surface area contributed by atoms with Gasteiger partial charge in [-0.15, -0.1) is 0 Å². The monoisotopic (exact) mass is 455 g/mol. The summed E-state index contributed by atoms with van der Waals surface area (Å²) in [5.74, 6) is 1.56. The summed E-state index contributed by atoms with van der Waals surface area (Å²) in [6.45, 7) is 8.70. The molecule has 6 heteroatoms. The highest BCUT2D eigenvalue weighted by Gasteiger charge is 2.41. The molecule has 0 saturated carbocycles. The molecule has 1 fully saturated rings. The number of anilines is 1. The van der Waals surface area contributed by atoms with Crippen LogP contribution in [0.15, 0.2) is 42.5 Å². The van der Waals surface area contributed by atoms with Crippen molar-refractivity contribution in [1.29, 1.82) is 0 Å². The van der Waals surface area contributed by atoms with Crippen LogP contribution in [0.3, 0.4) is 0 Å². The fraction of sp³-hybridized carbons (Fsp3) is 0.500. The van der Waals surface area contributed by atoms with Crippen LogP contribution in [-0.4, -0.2) is 50.1 Å². The van der Waals surface area contributed by atoms with E-state index in [1.54, 1.807) is 7.11 Å². The summed E-state index contributed by atoms with van der Waals surface area (Å²) < 4.78 is 5.49. The number of hydrogen-bond acceptors (Lipinski definition) is 4. The standard InChI is InChI=1S/C26H34ClN3O2/c1-18(2)10-11-28-26(31)23-14-20-6-9-22(32-3)15-24(20)30-13-12-29(17-25(23)30)16-19-4-7-21(27)8-5-19/h4-9,15,18,23,25H,10-14,16-17H2,1-3H3,(H,28,31)/t23-,25-/m1/s1. The number of amides is 1. The normalized spacial score (nSPS) is 20.6. The van der Waals surface area contributed by atoms with Crippen LogP contribution < -0.4 is 15.0 Å². The van der Waals surface area contributed by atoms with Gasteiger partial charge in [-0.25, -0.2) is 0 Å². The molecule has 1 saturated heterocycles. The summed E-state index contributed by atoms with van der Waals surface area (Å²) in [7, 11) is 1.71. The molecule has 2 heterocycles. The van der Waals surface area contributed by atoms with Gasteiger partial charge >= 0.3 is 0 Å². The Hall–Kier alpha value is -2.24. The first kappa shape index (κ1) is 22.9. The van der Waals surface area contributed by atoms with Gasteiger partial charge in [0.2, 0.25) is 5.91 Å². The van der Waals surface area contributed by atoms with Crippen molar-refractivity contribution in [3.63, 3.8) is 0 Å². The maximum Gasteiger partial charge on any atom is 0.225 e. The highest BCUT2D eigenvalue weighted by molar-refractivity contribution is 6.30. The molecular formula is C26H34ClN3O2. The van der Waals surface area contributed by atoms with E-state index in [0.29, 0.717) is 5.92 Å². The number of halogens is 1. The summed E-state index contributed by atoms with van der Waals surface area (Å²) in [4.78, 5) is 18.2. The Morgan fingerprint density at radius 2 is 1.97 bits per heavy atom. The molecule has 0 spiro atoms. The average Bonchev–Trinajstić information content (AvgIpc) is 2.79. The Morgan fingerprint density at radius 1 is 1.19 bits per heavy atom. The lowest BCUT2D eigenvalue weighted by molar-refractivity contribution is -0.126. The number of piperazine rings is 1. The molecule has 32 heavy (non-hydrogen) atoms. The number of carbonyl (C=O) groups is 1. The second-order valence-electron chi connectivity index (χ2n) is 9.40. The van der Waals surface area contributed by atoms with Crippen LogP contribution in [0.4, 0.5) is 5.69 Å². The number of fused-ring (bicyclic) bond motifs is 3. The first-order valence-electron chi connectivity index (χ1n) is 11.6. The average molecular weight is 456 g/mol. The lowest BCUT2D eigenvalue weighted by Gasteiger charge is -2.49. The molecule has 2 aliphatic rings. The zero-order valence-electron chi connectivity index (χ0n) is 19.3. The fourth-order valence-corrected chi connectivity index (χ4v) is 5.00. The first-order valence-corrected chi connectivity index (χ1v) is 12.0. The van der Waals surface area contributed by atoms with E-state index in [2.05, 4.69) is 53.2 Å². The van der Waals surface area contributed by atoms with Gasteiger partial charge in [0.05, 0.1) is 19.1 Å². The van der Waals surface area contributed by atoms with Gasteiger partial charge in [0, 0.05) is 49.5 Å². The Kier molecular flexibility index (Phi) is 7.27. The van der Waals surface area contributed by atoms with Gasteiger partial charge in [0.25, 0.3) is 0 Å². The van der Waals surface area contributed by atoms with Gasteiger partial charge < -0.3 is 15.0 Å². The molecule has 0 aliphatic carbocycles. The van der Waals surface area contributed by atoms with Crippen LogP contribution in [0, 0.1) is 11.8 Å². The predicted octanol–water partition coefficient (Wildman–Crippen LogP) is 4.37. The van der Waals surface area contributed by atoms with Crippen molar-refractivity contribution in [3.05, 3.63) is 58.6 Å². The van der Waals surface area contributed by atoms with Gasteiger partial charge in [0.15, 0.2) is 0 Å². The lowest BCUT2D eigenvalue weighted by atomic mass is 9.83. The number of hydrogen-bond donors (Lipinski definition) is 1. The Balaban J connectivity index is 1.55. The third-order valence-corrected chi connectivity index (χ3v) is 6.94. The third-order valence-electron chi connectivity index (χ3n) is 6.69. The van der Waals surface area contributed by atoms with Gasteiger partial charge in [-0.2, -0.15) is 0 Å². The minimum absolute atomic E-state index is 0.0592. The van der Waals surface area contributed by atoms with Crippen molar-refractivity contribution in [2.75, 3.05) is 38.2 Å². The minimum atomic E-state index is -0.0592. The Labute approximate surface area is 196 Å². The predicted molar refractivity (Wildman–Crippen MR) is 131 cm³/mol. The molecule has 1 N–H and O–H groups in total. The second-order valence-corrected chi connectivity index (χ2v) is 9.84. The van der Waals surface area contributed by atoms with Gasteiger partial charge in [-0.3, -0.25) is 9.69 Å². The van der Waals surface area contributed by atoms with Gasteiger partial charge in [0.1, 0.15) is 5.75 Å². The zero-order valence-corrected chi connectivity index (χ0v) is 20.1. The van der Waals surface area contributed by atoms with Crippen LogP contribution in [-0.2, 0) is 17.8 Å². The molecule has 5 nitrogen and oxygen atoms in total. The third kappa shape index (κ3) is 5.21. The lowest BCUT2D eigenvalue weighted by Crippen LogP contribution is -2.60. The maximum absolute atomic E-state index is 13.3. The molecule has 1 amide bonds. The number of nitrogens with one attached hydrogen (secondary N) is 1. The fourth-order valence-electron chi connectivity index (χ4n) is 4.87. The molecule has 4 rings (SSSR count). The number of benzene rings is 2. The van der Waals surface area contributed by atoms with E-state index in [9.17, 15) is 4.79 Å². The van der Waals surface area contributed by atoms with E-state index in [-0.39, 0.29) is 17.9 Å². The molecule has 0 radical (unpaired) electrons. The second kappa shape index (κ2) is 10.1. The molecule has 0 bridgehead atoms. The number of ether oxygens (including phenoxy) is 1. The van der Waals surface area contributed by atoms with Crippen LogP contribution in [0.1, 0.15) is 31.4 Å². The quantitative estimate of drug-likeness (QED) is 0.673. The largest absolute Gasteiger partial charge is 0.497 e. The summed E-state index contributed by atoms with van der Waals surface area (Å²) in [5.41, 5.74) is 3.70. The van der Waals surface area contributed by atoms with E-state index < -0.39 is 0 Å². The van der Waals surface area contributed by atoms with Crippen molar-refractivity contribution < 1.29 is 9.53 Å². The summed E-state index contributed by atoms with van der Waals surface area (Å²) in [6, 6.07) is 14.5. The first-order chi connectivity index (χ1) is 15.4. The van der Waals surface area contributed by atoms with Crippen molar-refractivity contribution in [3.8, 4) is 5.75 Å². The minimum Gasteiger partial charge on any atom is -0.497 e. The van der Waals surface area contributed by atoms with Gasteiger partial charge in [-0.1, -0.05) is 43.6 Å². The van der Waals surface area contributed by atoms with Crippen LogP contribution >= 0.6 is 11.6 Å². The van der Waals surface area contributed by atoms with E-state index in [1.165, 1.54) is 16.8 Å². The Morgan fingerprint density at radius 3 is 2.69 bits per heavy atom. The smallest absolute Gasteiger partial charge is 0.225 e. The van der Waals surface area contributed by atoms with E-state index >= 15 is 0 Å². The van der Waals surface area contributed by atoms with E-state index in [0.717, 1.165) is 56.3 Å². The van der Waals surface area contributed by atoms with Gasteiger partial charge in [-0.05, 0) is 48.1 Å². The topological polar surface area (TPSA) is 44.8 Å². The molecule has 2 aromatic carbocycles. The highest BCUT2D eigenvalue weighted by atomic mass is 35.5. The number of nitrogens with zero attached hydrogens (tertiary/aromatic N) is 2. The maximum atomic E-state index is 13.3. The van der Waals surface area contributed by atoms with Crippen molar-refractivity contribution in [2.45, 2.75) is 39.3 Å². The van der Waals surface area contributed by atoms with E-state index in [4.69, 9.17) is 16.3 Å². The summed E-state index contributed by atoms with van der Waals surface area (Å²) >= 11 is 6.06.